The highest BCUT2D eigenvalue weighted by atomic mass is 19.4. The van der Waals surface area contributed by atoms with Crippen LogP contribution in [0, 0.1) is 11.6 Å². The van der Waals surface area contributed by atoms with Gasteiger partial charge in [-0.15, -0.1) is 0 Å². The lowest BCUT2D eigenvalue weighted by molar-refractivity contribution is -0.263. The van der Waals surface area contributed by atoms with Crippen molar-refractivity contribution in [2.75, 3.05) is 6.54 Å². The third kappa shape index (κ3) is 3.53. The fourth-order valence-corrected chi connectivity index (χ4v) is 2.03. The third-order valence-electron chi connectivity index (χ3n) is 3.41. The number of hydrogen-bond donors (Lipinski definition) is 2. The number of halogens is 5. The van der Waals surface area contributed by atoms with Crippen molar-refractivity contribution in [2.45, 2.75) is 11.8 Å². The van der Waals surface area contributed by atoms with Gasteiger partial charge in [0.1, 0.15) is 0 Å². The molecule has 24 heavy (non-hydrogen) atoms. The summed E-state index contributed by atoms with van der Waals surface area (Å²) in [6, 6.07) is 8.38. The van der Waals surface area contributed by atoms with Gasteiger partial charge in [0.05, 0.1) is 6.54 Å². The molecule has 0 aliphatic carbocycles. The van der Waals surface area contributed by atoms with Crippen LogP contribution in [-0.4, -0.2) is 23.7 Å². The van der Waals surface area contributed by atoms with Crippen LogP contribution in [0.5, 0.6) is 0 Å². The van der Waals surface area contributed by atoms with Crippen molar-refractivity contribution in [3.63, 3.8) is 0 Å². The fourth-order valence-electron chi connectivity index (χ4n) is 2.03. The molecule has 2 aromatic carbocycles. The lowest BCUT2D eigenvalue weighted by atomic mass is 9.93. The Morgan fingerprint density at radius 2 is 1.62 bits per heavy atom. The van der Waals surface area contributed by atoms with Crippen LogP contribution >= 0.6 is 0 Å². The number of benzene rings is 2. The molecule has 0 aliphatic heterocycles. The Labute approximate surface area is 133 Å². The summed E-state index contributed by atoms with van der Waals surface area (Å²) in [5.41, 5.74) is -4.14. The van der Waals surface area contributed by atoms with Gasteiger partial charge in [-0.2, -0.15) is 13.2 Å². The lowest BCUT2D eigenvalue weighted by Crippen LogP contribution is -2.51. The molecule has 0 saturated heterocycles. The predicted octanol–water partition coefficient (Wildman–Crippen LogP) is 3.14. The van der Waals surface area contributed by atoms with Gasteiger partial charge >= 0.3 is 6.18 Å². The van der Waals surface area contributed by atoms with Crippen LogP contribution in [-0.2, 0) is 5.60 Å². The molecule has 0 saturated carbocycles. The quantitative estimate of drug-likeness (QED) is 0.837. The minimum Gasteiger partial charge on any atom is -0.375 e. The molecule has 128 valence electrons. The average molecular weight is 345 g/mol. The molecule has 2 N–H and O–H groups in total. The van der Waals surface area contributed by atoms with Crippen LogP contribution in [0.3, 0.4) is 0 Å². The molecule has 3 nitrogen and oxygen atoms in total. The summed E-state index contributed by atoms with van der Waals surface area (Å²) in [5, 5.41) is 11.9. The summed E-state index contributed by atoms with van der Waals surface area (Å²) in [6.45, 7) is -1.18. The third-order valence-corrected chi connectivity index (χ3v) is 3.41. The van der Waals surface area contributed by atoms with Crippen LogP contribution in [0.1, 0.15) is 15.9 Å². The highest BCUT2D eigenvalue weighted by Crippen LogP contribution is 2.38. The smallest absolute Gasteiger partial charge is 0.375 e. The molecule has 0 aromatic heterocycles. The summed E-state index contributed by atoms with van der Waals surface area (Å²) >= 11 is 0. The van der Waals surface area contributed by atoms with Crippen molar-refractivity contribution in [1.82, 2.24) is 5.32 Å². The van der Waals surface area contributed by atoms with Gasteiger partial charge in [-0.1, -0.05) is 30.3 Å². The van der Waals surface area contributed by atoms with Crippen LogP contribution in [0.15, 0.2) is 48.5 Å². The molecule has 0 heterocycles. The number of rotatable bonds is 4. The number of amides is 1. The van der Waals surface area contributed by atoms with Crippen LogP contribution in [0.25, 0.3) is 0 Å². The molecule has 1 amide bonds. The van der Waals surface area contributed by atoms with Crippen molar-refractivity contribution in [2.24, 2.45) is 0 Å². The first-order valence-corrected chi connectivity index (χ1v) is 6.73. The van der Waals surface area contributed by atoms with E-state index in [2.05, 4.69) is 0 Å². The zero-order valence-electron chi connectivity index (χ0n) is 12.1. The van der Waals surface area contributed by atoms with Crippen molar-refractivity contribution >= 4 is 5.91 Å². The second kappa shape index (κ2) is 6.56. The van der Waals surface area contributed by atoms with Gasteiger partial charge in [0.2, 0.25) is 5.60 Å². The van der Waals surface area contributed by atoms with Crippen molar-refractivity contribution in [3.8, 4) is 0 Å². The van der Waals surface area contributed by atoms with E-state index in [0.717, 1.165) is 18.2 Å². The van der Waals surface area contributed by atoms with E-state index < -0.39 is 41.4 Å². The molecule has 0 fully saturated rings. The number of nitrogens with one attached hydrogen (secondary N) is 1. The summed E-state index contributed by atoms with van der Waals surface area (Å²) in [6.07, 6.45) is -5.06. The second-order valence-corrected chi connectivity index (χ2v) is 5.04. The SMILES string of the molecule is O=C(NCC(O)(c1ccccc1)C(F)(F)F)c1ccc(F)c(F)c1. The Bertz CT molecular complexity index is 733. The maximum atomic E-state index is 13.2. The van der Waals surface area contributed by atoms with Gasteiger partial charge < -0.3 is 10.4 Å². The monoisotopic (exact) mass is 345 g/mol. The van der Waals surface area contributed by atoms with Gasteiger partial charge in [-0.3, -0.25) is 4.79 Å². The van der Waals surface area contributed by atoms with E-state index in [1.165, 1.54) is 18.2 Å². The van der Waals surface area contributed by atoms with Crippen LogP contribution < -0.4 is 5.32 Å². The number of alkyl halides is 3. The summed E-state index contributed by atoms with van der Waals surface area (Å²) in [7, 11) is 0. The molecule has 0 radical (unpaired) electrons. The largest absolute Gasteiger partial charge is 0.423 e. The minimum absolute atomic E-state index is 0.369. The average Bonchev–Trinajstić information content (AvgIpc) is 2.54. The van der Waals surface area contributed by atoms with E-state index in [4.69, 9.17) is 0 Å². The number of aliphatic hydroxyl groups is 1. The van der Waals surface area contributed by atoms with Crippen LogP contribution in [0.2, 0.25) is 0 Å². The first-order chi connectivity index (χ1) is 11.1. The number of hydrogen-bond acceptors (Lipinski definition) is 2. The second-order valence-electron chi connectivity index (χ2n) is 5.04. The Kier molecular flexibility index (Phi) is 4.88. The normalized spacial score (nSPS) is 14.1. The van der Waals surface area contributed by atoms with Gasteiger partial charge in [0.15, 0.2) is 11.6 Å². The first-order valence-electron chi connectivity index (χ1n) is 6.73. The molecule has 1 unspecified atom stereocenters. The zero-order valence-corrected chi connectivity index (χ0v) is 12.1. The predicted molar refractivity (Wildman–Crippen MR) is 75.1 cm³/mol. The van der Waals surface area contributed by atoms with Gasteiger partial charge in [-0.25, -0.2) is 8.78 Å². The maximum Gasteiger partial charge on any atom is 0.423 e. The maximum absolute atomic E-state index is 13.2. The molecule has 1 atom stereocenters. The highest BCUT2D eigenvalue weighted by Gasteiger charge is 2.55. The Morgan fingerprint density at radius 1 is 1.00 bits per heavy atom. The molecular weight excluding hydrogens is 333 g/mol. The molecule has 0 aliphatic rings. The molecule has 2 rings (SSSR count). The van der Waals surface area contributed by atoms with E-state index in [-0.39, 0.29) is 5.56 Å². The topological polar surface area (TPSA) is 49.3 Å². The standard InChI is InChI=1S/C16H12F5NO2/c17-12-7-6-10(8-13(12)18)14(23)22-9-15(24,16(19,20)21)11-4-2-1-3-5-11/h1-8,24H,9H2,(H,22,23). The first kappa shape index (κ1) is 17.9. The van der Waals surface area contributed by atoms with Gasteiger partial charge in [0, 0.05) is 5.56 Å². The Morgan fingerprint density at radius 3 is 2.17 bits per heavy atom. The number of carbonyl (C=O) groups is 1. The van der Waals surface area contributed by atoms with E-state index in [9.17, 15) is 31.9 Å². The van der Waals surface area contributed by atoms with Crippen LogP contribution in [0.4, 0.5) is 22.0 Å². The Balaban J connectivity index is 2.22. The minimum atomic E-state index is -5.06. The van der Waals surface area contributed by atoms with E-state index >= 15 is 0 Å². The van der Waals surface area contributed by atoms with Crippen molar-refractivity contribution < 1.29 is 31.9 Å². The molecule has 0 spiro atoms. The van der Waals surface area contributed by atoms with E-state index in [1.54, 1.807) is 0 Å². The molecule has 8 heteroatoms. The highest BCUT2D eigenvalue weighted by molar-refractivity contribution is 5.94. The summed E-state index contributed by atoms with van der Waals surface area (Å²) in [4.78, 5) is 11.8. The van der Waals surface area contributed by atoms with Gasteiger partial charge in [-0.05, 0) is 23.8 Å². The summed E-state index contributed by atoms with van der Waals surface area (Å²) in [5.74, 6) is -3.58. The summed E-state index contributed by atoms with van der Waals surface area (Å²) < 4.78 is 65.7. The Hall–Kier alpha value is -2.48. The van der Waals surface area contributed by atoms with Crippen molar-refractivity contribution in [1.29, 1.82) is 0 Å². The fraction of sp³-hybridized carbons (Fsp3) is 0.188. The molecule has 2 aromatic rings. The number of carbonyl (C=O) groups excluding carboxylic acids is 1. The lowest BCUT2D eigenvalue weighted by Gasteiger charge is -2.31. The van der Waals surface area contributed by atoms with Gasteiger partial charge in [0.25, 0.3) is 5.91 Å². The molecular formula is C16H12F5NO2. The van der Waals surface area contributed by atoms with Crippen molar-refractivity contribution in [3.05, 3.63) is 71.3 Å². The van der Waals surface area contributed by atoms with E-state index in [1.807, 2.05) is 5.32 Å². The molecule has 0 bridgehead atoms. The zero-order chi connectivity index (χ0) is 18.0. The van der Waals surface area contributed by atoms with E-state index in [0.29, 0.717) is 12.1 Å².